The highest BCUT2D eigenvalue weighted by molar-refractivity contribution is 8.16. The summed E-state index contributed by atoms with van der Waals surface area (Å²) in [6.07, 6.45) is 0.253. The Morgan fingerprint density at radius 2 is 2.14 bits per heavy atom. The molecule has 1 aromatic heterocycles. The number of aliphatic imine (C=N–C) groups is 1. The summed E-state index contributed by atoms with van der Waals surface area (Å²) in [5.74, 6) is -0.380. The van der Waals surface area contributed by atoms with Crippen molar-refractivity contribution in [3.8, 4) is 0 Å². The minimum atomic E-state index is -0.408. The van der Waals surface area contributed by atoms with Gasteiger partial charge in [0.05, 0.1) is 24.3 Å². The van der Waals surface area contributed by atoms with Crippen molar-refractivity contribution in [2.75, 3.05) is 33.9 Å². The predicted molar refractivity (Wildman–Crippen MR) is 115 cm³/mol. The van der Waals surface area contributed by atoms with Crippen LogP contribution in [0.5, 0.6) is 0 Å². The summed E-state index contributed by atoms with van der Waals surface area (Å²) in [6, 6.07) is 3.59. The van der Waals surface area contributed by atoms with Gasteiger partial charge in [0.15, 0.2) is 5.17 Å². The van der Waals surface area contributed by atoms with Crippen molar-refractivity contribution < 1.29 is 19.1 Å². The van der Waals surface area contributed by atoms with E-state index in [4.69, 9.17) is 9.47 Å². The van der Waals surface area contributed by atoms with Gasteiger partial charge in [-0.05, 0) is 30.7 Å². The lowest BCUT2D eigenvalue weighted by Gasteiger charge is -2.35. The van der Waals surface area contributed by atoms with Crippen LogP contribution in [0.2, 0.25) is 0 Å². The average Bonchev–Trinajstić information content (AvgIpc) is 3.36. The molecule has 29 heavy (non-hydrogen) atoms. The van der Waals surface area contributed by atoms with Crippen molar-refractivity contribution in [2.24, 2.45) is 4.99 Å². The fraction of sp³-hybridized carbons (Fsp3) is 0.450. The first-order valence-electron chi connectivity index (χ1n) is 9.35. The smallest absolute Gasteiger partial charge is 0.338 e. The molecule has 3 heterocycles. The van der Waals surface area contributed by atoms with Crippen molar-refractivity contribution in [1.29, 1.82) is 0 Å². The van der Waals surface area contributed by atoms with E-state index in [1.165, 1.54) is 11.8 Å². The highest BCUT2D eigenvalue weighted by atomic mass is 32.2. The molecule has 2 aliphatic heterocycles. The van der Waals surface area contributed by atoms with Crippen LogP contribution in [-0.4, -0.2) is 60.8 Å². The lowest BCUT2D eigenvalue weighted by atomic mass is 9.99. The van der Waals surface area contributed by atoms with Crippen molar-refractivity contribution in [2.45, 2.75) is 26.3 Å². The standard InChI is InChI=1S/C20H25N3O4S2/c1-5-22(3)16(24)11-14-12-29-20-21-13(2)17(19(25)27-9-8-26-4)18(23(14)20)15-7-6-10-28-15/h6-7,10,12,18H,5,8-9,11H2,1-4H3. The fourth-order valence-corrected chi connectivity index (χ4v) is 4.90. The number of hydrogen-bond acceptors (Lipinski definition) is 8. The minimum Gasteiger partial charge on any atom is -0.460 e. The monoisotopic (exact) mass is 435 g/mol. The zero-order valence-corrected chi connectivity index (χ0v) is 18.6. The minimum absolute atomic E-state index is 0.0287. The Balaban J connectivity index is 1.94. The Hall–Kier alpha value is -2.10. The van der Waals surface area contributed by atoms with E-state index in [-0.39, 0.29) is 25.0 Å². The third-order valence-electron chi connectivity index (χ3n) is 4.79. The molecule has 0 aromatic carbocycles. The maximum absolute atomic E-state index is 12.9. The molecule has 0 bridgehead atoms. The van der Waals surface area contributed by atoms with Gasteiger partial charge in [-0.15, -0.1) is 11.3 Å². The molecule has 1 amide bonds. The first-order valence-corrected chi connectivity index (χ1v) is 11.1. The molecule has 1 aromatic rings. The van der Waals surface area contributed by atoms with Gasteiger partial charge in [-0.2, -0.15) is 0 Å². The number of esters is 1. The predicted octanol–water partition coefficient (Wildman–Crippen LogP) is 3.38. The summed E-state index contributed by atoms with van der Waals surface area (Å²) in [7, 11) is 3.35. The average molecular weight is 436 g/mol. The van der Waals surface area contributed by atoms with Gasteiger partial charge >= 0.3 is 5.97 Å². The van der Waals surface area contributed by atoms with Gasteiger partial charge in [-0.3, -0.25) is 4.79 Å². The summed E-state index contributed by atoms with van der Waals surface area (Å²) in [5, 5.41) is 4.70. The second-order valence-corrected chi connectivity index (χ2v) is 8.44. The van der Waals surface area contributed by atoms with Crippen LogP contribution in [0.15, 0.2) is 44.9 Å². The van der Waals surface area contributed by atoms with Gasteiger partial charge in [0.25, 0.3) is 0 Å². The maximum atomic E-state index is 12.9. The first-order chi connectivity index (χ1) is 14.0. The third kappa shape index (κ3) is 4.57. The van der Waals surface area contributed by atoms with Gasteiger partial charge in [0.1, 0.15) is 12.6 Å². The maximum Gasteiger partial charge on any atom is 0.338 e. The van der Waals surface area contributed by atoms with Crippen molar-refractivity contribution >= 4 is 40.1 Å². The number of amides is 1. The number of thiophene rings is 1. The van der Waals surface area contributed by atoms with E-state index in [2.05, 4.69) is 4.99 Å². The molecule has 0 radical (unpaired) electrons. The van der Waals surface area contributed by atoms with E-state index in [1.807, 2.05) is 41.7 Å². The highest BCUT2D eigenvalue weighted by Crippen LogP contribution is 2.45. The van der Waals surface area contributed by atoms with Crippen LogP contribution in [0.25, 0.3) is 0 Å². The summed E-state index contributed by atoms with van der Waals surface area (Å²) in [5.41, 5.74) is 1.97. The number of carbonyl (C=O) groups excluding carboxylic acids is 2. The van der Waals surface area contributed by atoms with Crippen molar-refractivity contribution in [1.82, 2.24) is 9.80 Å². The van der Waals surface area contributed by atoms with Gasteiger partial charge in [-0.1, -0.05) is 17.8 Å². The SMILES string of the molecule is CCN(C)C(=O)CC1=CSC2=NC(C)=C(C(=O)OCCOC)C(c3cccs3)N12. The molecule has 1 atom stereocenters. The van der Waals surface area contributed by atoms with Crippen LogP contribution in [0.1, 0.15) is 31.2 Å². The van der Waals surface area contributed by atoms with Crippen LogP contribution in [0, 0.1) is 0 Å². The molecule has 0 aliphatic carbocycles. The van der Waals surface area contributed by atoms with E-state index in [1.54, 1.807) is 30.4 Å². The molecule has 2 aliphatic rings. The number of hydrogen-bond donors (Lipinski definition) is 0. The summed E-state index contributed by atoms with van der Waals surface area (Å²) >= 11 is 3.04. The number of ether oxygens (including phenoxy) is 2. The second kappa shape index (κ2) is 9.60. The Morgan fingerprint density at radius 1 is 1.34 bits per heavy atom. The number of fused-ring (bicyclic) bond motifs is 1. The van der Waals surface area contributed by atoms with E-state index in [9.17, 15) is 9.59 Å². The number of methoxy groups -OCH3 is 1. The number of rotatable bonds is 8. The van der Waals surface area contributed by atoms with Crippen LogP contribution in [0.3, 0.4) is 0 Å². The zero-order valence-electron chi connectivity index (χ0n) is 17.0. The molecular formula is C20H25N3O4S2. The number of carbonyl (C=O) groups is 2. The number of thioether (sulfide) groups is 1. The molecule has 0 N–H and O–H groups in total. The molecule has 9 heteroatoms. The summed E-state index contributed by atoms with van der Waals surface area (Å²) < 4.78 is 10.4. The first kappa shape index (κ1) is 21.6. The van der Waals surface area contributed by atoms with Crippen LogP contribution in [0.4, 0.5) is 0 Å². The van der Waals surface area contributed by atoms with Crippen molar-refractivity contribution in [3.05, 3.63) is 44.8 Å². The molecule has 0 saturated carbocycles. The number of amidine groups is 1. The van der Waals surface area contributed by atoms with E-state index in [0.29, 0.717) is 24.4 Å². The zero-order chi connectivity index (χ0) is 21.0. The number of nitrogens with zero attached hydrogens (tertiary/aromatic N) is 3. The molecule has 7 nitrogen and oxygen atoms in total. The Morgan fingerprint density at radius 3 is 2.79 bits per heavy atom. The Kier molecular flexibility index (Phi) is 7.15. The third-order valence-corrected chi connectivity index (χ3v) is 6.60. The molecule has 0 saturated heterocycles. The topological polar surface area (TPSA) is 71.4 Å². The van der Waals surface area contributed by atoms with Gasteiger partial charge in [0.2, 0.25) is 5.91 Å². The van der Waals surface area contributed by atoms with E-state index < -0.39 is 5.97 Å². The molecule has 0 fully saturated rings. The van der Waals surface area contributed by atoms with Gasteiger partial charge in [-0.25, -0.2) is 9.79 Å². The van der Waals surface area contributed by atoms with Crippen LogP contribution in [-0.2, 0) is 19.1 Å². The fourth-order valence-electron chi connectivity index (χ4n) is 3.11. The molecule has 156 valence electrons. The second-order valence-electron chi connectivity index (χ2n) is 6.62. The Bertz CT molecular complexity index is 861. The molecular weight excluding hydrogens is 410 g/mol. The largest absolute Gasteiger partial charge is 0.460 e. The van der Waals surface area contributed by atoms with E-state index >= 15 is 0 Å². The number of allylic oxidation sites excluding steroid dienone is 1. The van der Waals surface area contributed by atoms with Crippen LogP contribution < -0.4 is 0 Å². The lowest BCUT2D eigenvalue weighted by molar-refractivity contribution is -0.141. The normalized spacial score (nSPS) is 18.3. The highest BCUT2D eigenvalue weighted by Gasteiger charge is 2.41. The Labute approximate surface area is 179 Å². The summed E-state index contributed by atoms with van der Waals surface area (Å²) in [4.78, 5) is 34.8. The molecule has 3 rings (SSSR count). The van der Waals surface area contributed by atoms with Gasteiger partial charge < -0.3 is 19.3 Å². The van der Waals surface area contributed by atoms with Crippen LogP contribution >= 0.6 is 23.1 Å². The van der Waals surface area contributed by atoms with E-state index in [0.717, 1.165) is 15.7 Å². The lowest BCUT2D eigenvalue weighted by Crippen LogP contribution is -2.38. The van der Waals surface area contributed by atoms with Gasteiger partial charge in [0, 0.05) is 31.3 Å². The van der Waals surface area contributed by atoms with Crippen molar-refractivity contribution in [3.63, 3.8) is 0 Å². The quantitative estimate of drug-likeness (QED) is 0.461. The summed E-state index contributed by atoms with van der Waals surface area (Å²) in [6.45, 7) is 4.92. The molecule has 1 unspecified atom stereocenters. The molecule has 0 spiro atoms.